The second kappa shape index (κ2) is 11.0. The molecule has 2 aromatic heterocycles. The van der Waals surface area contributed by atoms with Gasteiger partial charge in [0.25, 0.3) is 5.56 Å². The first-order valence-electron chi connectivity index (χ1n) is 12.8. The summed E-state index contributed by atoms with van der Waals surface area (Å²) >= 11 is 0. The first kappa shape index (κ1) is 29.5. The number of fused-ring (bicyclic) bond motifs is 1. The lowest BCUT2D eigenvalue weighted by Gasteiger charge is -2.17. The fraction of sp³-hybridized carbons (Fsp3) is 0.207. The van der Waals surface area contributed by atoms with Crippen molar-refractivity contribution in [3.63, 3.8) is 0 Å². The molecular formula is C29H25F5N6O3. The van der Waals surface area contributed by atoms with Gasteiger partial charge in [-0.1, -0.05) is 12.1 Å². The van der Waals surface area contributed by atoms with Crippen molar-refractivity contribution in [2.75, 3.05) is 26.9 Å². The molecule has 3 aromatic carbocycles. The number of nitrogens with two attached hydrogens (primary N) is 1. The highest BCUT2D eigenvalue weighted by atomic mass is 19.4. The lowest BCUT2D eigenvalue weighted by Crippen LogP contribution is -2.40. The Kier molecular flexibility index (Phi) is 7.56. The van der Waals surface area contributed by atoms with Gasteiger partial charge < -0.3 is 15.4 Å². The molecule has 9 nitrogen and oxygen atoms in total. The maximum atomic E-state index is 15.5. The fourth-order valence-electron chi connectivity index (χ4n) is 4.86. The fourth-order valence-corrected chi connectivity index (χ4v) is 4.86. The third-order valence-corrected chi connectivity index (χ3v) is 6.81. The summed E-state index contributed by atoms with van der Waals surface area (Å²) in [6.07, 6.45) is -4.97. The number of benzene rings is 3. The van der Waals surface area contributed by atoms with Crippen molar-refractivity contribution >= 4 is 16.7 Å². The van der Waals surface area contributed by atoms with Crippen LogP contribution >= 0.6 is 0 Å². The predicted octanol–water partition coefficient (Wildman–Crippen LogP) is 4.34. The molecule has 0 aliphatic heterocycles. The number of anilines is 1. The number of halogens is 5. The SMILES string of the molecule is COc1cccc(-n2c(=O)c3c(CN(C)C)n(-c4ccc(N)cc4)nc3n(Cc3c(F)cccc3C(F)(F)F)c2=O)c1F. The smallest absolute Gasteiger partial charge is 0.416 e. The average Bonchev–Trinajstić information content (AvgIpc) is 3.31. The Morgan fingerprint density at radius 3 is 2.28 bits per heavy atom. The number of methoxy groups -OCH3 is 1. The second-order valence-electron chi connectivity index (χ2n) is 9.95. The monoisotopic (exact) mass is 600 g/mol. The van der Waals surface area contributed by atoms with E-state index < -0.39 is 52.4 Å². The van der Waals surface area contributed by atoms with Gasteiger partial charge in [0.05, 0.1) is 36.3 Å². The van der Waals surface area contributed by atoms with E-state index in [-0.39, 0.29) is 29.0 Å². The van der Waals surface area contributed by atoms with Gasteiger partial charge in [-0.05, 0) is 62.6 Å². The van der Waals surface area contributed by atoms with Crippen LogP contribution in [0.4, 0.5) is 27.6 Å². The normalized spacial score (nSPS) is 11.9. The number of ether oxygens (including phenoxy) is 1. The number of aromatic nitrogens is 4. The number of hydrogen-bond donors (Lipinski definition) is 1. The average molecular weight is 601 g/mol. The van der Waals surface area contributed by atoms with Gasteiger partial charge >= 0.3 is 11.9 Å². The van der Waals surface area contributed by atoms with Crippen molar-refractivity contribution in [2.45, 2.75) is 19.3 Å². The molecule has 2 N–H and O–H groups in total. The molecule has 14 heteroatoms. The van der Waals surface area contributed by atoms with Gasteiger partial charge in [-0.25, -0.2) is 22.8 Å². The first-order valence-corrected chi connectivity index (χ1v) is 12.8. The molecule has 0 atom stereocenters. The number of nitrogens with zero attached hydrogens (tertiary/aromatic N) is 5. The summed E-state index contributed by atoms with van der Waals surface area (Å²) in [5.41, 5.74) is 1.70. The highest BCUT2D eigenvalue weighted by molar-refractivity contribution is 5.79. The summed E-state index contributed by atoms with van der Waals surface area (Å²) in [4.78, 5) is 29.8. The zero-order valence-electron chi connectivity index (χ0n) is 23.1. The van der Waals surface area contributed by atoms with Crippen LogP contribution in [0, 0.1) is 11.6 Å². The first-order chi connectivity index (χ1) is 20.3. The van der Waals surface area contributed by atoms with Crippen LogP contribution in [0.25, 0.3) is 22.4 Å². The molecule has 2 heterocycles. The summed E-state index contributed by atoms with van der Waals surface area (Å²) in [5.74, 6) is -2.57. The van der Waals surface area contributed by atoms with Crippen molar-refractivity contribution in [1.29, 1.82) is 0 Å². The van der Waals surface area contributed by atoms with Crippen molar-refractivity contribution in [2.24, 2.45) is 0 Å². The van der Waals surface area contributed by atoms with Gasteiger partial charge in [-0.15, -0.1) is 5.10 Å². The van der Waals surface area contributed by atoms with Gasteiger partial charge in [0.2, 0.25) is 0 Å². The second-order valence-corrected chi connectivity index (χ2v) is 9.95. The topological polar surface area (TPSA) is 100 Å². The molecule has 5 aromatic rings. The third-order valence-electron chi connectivity index (χ3n) is 6.81. The Bertz CT molecular complexity index is 1960. The lowest BCUT2D eigenvalue weighted by molar-refractivity contribution is -0.138. The van der Waals surface area contributed by atoms with E-state index in [1.165, 1.54) is 23.9 Å². The van der Waals surface area contributed by atoms with Gasteiger partial charge in [-0.3, -0.25) is 9.36 Å². The molecule has 0 saturated carbocycles. The van der Waals surface area contributed by atoms with Crippen molar-refractivity contribution in [3.8, 4) is 17.1 Å². The summed E-state index contributed by atoms with van der Waals surface area (Å²) in [6.45, 7) is -0.898. The zero-order chi connectivity index (χ0) is 31.2. The van der Waals surface area contributed by atoms with E-state index in [4.69, 9.17) is 10.5 Å². The molecule has 0 unspecified atom stereocenters. The van der Waals surface area contributed by atoms with Crippen molar-refractivity contribution < 1.29 is 26.7 Å². The number of nitrogen functional groups attached to an aromatic ring is 1. The van der Waals surface area contributed by atoms with Crippen LogP contribution in [0.15, 0.2) is 70.3 Å². The Hall–Kier alpha value is -4.98. The summed E-state index contributed by atoms with van der Waals surface area (Å²) in [7, 11) is 4.60. The zero-order valence-corrected chi connectivity index (χ0v) is 23.1. The van der Waals surface area contributed by atoms with Crippen molar-refractivity contribution in [3.05, 3.63) is 110 Å². The molecule has 0 radical (unpaired) electrons. The number of hydrogen-bond acceptors (Lipinski definition) is 6. The summed E-state index contributed by atoms with van der Waals surface area (Å²) in [5, 5.41) is 4.29. The predicted molar refractivity (Wildman–Crippen MR) is 150 cm³/mol. The summed E-state index contributed by atoms with van der Waals surface area (Å²) in [6, 6.07) is 12.5. The molecule has 0 bridgehead atoms. The van der Waals surface area contributed by atoms with E-state index in [0.717, 1.165) is 22.8 Å². The Morgan fingerprint density at radius 2 is 1.65 bits per heavy atom. The molecular weight excluding hydrogens is 575 g/mol. The van der Waals surface area contributed by atoms with Crippen LogP contribution in [-0.2, 0) is 19.3 Å². The van der Waals surface area contributed by atoms with E-state index in [1.54, 1.807) is 43.3 Å². The minimum atomic E-state index is -4.97. The molecule has 0 fully saturated rings. The standard InChI is InChI=1S/C29H25F5N6O3/c1-37(2)15-22-24-26(36-40(22)17-12-10-16(35)11-13-17)38(14-18-19(29(32,33)34)6-4-7-20(18)30)28(42)39(27(24)41)21-8-5-9-23(43-3)25(21)31/h4-13H,14-15,35H2,1-3H3. The van der Waals surface area contributed by atoms with Crippen LogP contribution in [0.5, 0.6) is 5.75 Å². The van der Waals surface area contributed by atoms with Crippen LogP contribution in [-0.4, -0.2) is 45.0 Å². The van der Waals surface area contributed by atoms with Gasteiger partial charge in [-0.2, -0.15) is 13.2 Å². The highest BCUT2D eigenvalue weighted by Gasteiger charge is 2.35. The maximum absolute atomic E-state index is 15.5. The molecule has 0 saturated heterocycles. The van der Waals surface area contributed by atoms with E-state index in [2.05, 4.69) is 5.10 Å². The molecule has 43 heavy (non-hydrogen) atoms. The molecule has 0 amide bonds. The quantitative estimate of drug-likeness (QED) is 0.221. The molecule has 0 spiro atoms. The third kappa shape index (κ3) is 5.25. The number of rotatable bonds is 7. The van der Waals surface area contributed by atoms with Gasteiger partial charge in [0.1, 0.15) is 11.2 Å². The lowest BCUT2D eigenvalue weighted by atomic mass is 10.1. The van der Waals surface area contributed by atoms with E-state index in [0.29, 0.717) is 22.0 Å². The van der Waals surface area contributed by atoms with Crippen LogP contribution in [0.1, 0.15) is 16.8 Å². The van der Waals surface area contributed by atoms with E-state index in [9.17, 15) is 22.8 Å². The molecule has 0 aliphatic rings. The Balaban J connectivity index is 1.95. The number of alkyl halides is 3. The van der Waals surface area contributed by atoms with Crippen molar-refractivity contribution in [1.82, 2.24) is 23.8 Å². The largest absolute Gasteiger partial charge is 0.494 e. The van der Waals surface area contributed by atoms with E-state index in [1.807, 2.05) is 0 Å². The minimum Gasteiger partial charge on any atom is -0.494 e. The Morgan fingerprint density at radius 1 is 0.977 bits per heavy atom. The van der Waals surface area contributed by atoms with Gasteiger partial charge in [0, 0.05) is 17.8 Å². The molecule has 5 rings (SSSR count). The minimum absolute atomic E-state index is 0.0718. The Labute approximate surface area is 240 Å². The van der Waals surface area contributed by atoms with Crippen LogP contribution in [0.3, 0.4) is 0 Å². The van der Waals surface area contributed by atoms with Gasteiger partial charge in [0.15, 0.2) is 17.2 Å². The van der Waals surface area contributed by atoms with Crippen LogP contribution in [0.2, 0.25) is 0 Å². The summed E-state index contributed by atoms with van der Waals surface area (Å²) < 4.78 is 79.9. The highest BCUT2D eigenvalue weighted by Crippen LogP contribution is 2.34. The maximum Gasteiger partial charge on any atom is 0.416 e. The molecule has 224 valence electrons. The van der Waals surface area contributed by atoms with Crippen LogP contribution < -0.4 is 21.7 Å². The molecule has 0 aliphatic carbocycles. The van der Waals surface area contributed by atoms with E-state index >= 15 is 8.78 Å².